The van der Waals surface area contributed by atoms with Crippen LogP contribution in [-0.2, 0) is 9.53 Å². The van der Waals surface area contributed by atoms with Crippen LogP contribution in [0.3, 0.4) is 0 Å². The van der Waals surface area contributed by atoms with Crippen molar-refractivity contribution in [2.75, 3.05) is 13.6 Å². The van der Waals surface area contributed by atoms with Crippen molar-refractivity contribution in [1.82, 2.24) is 0 Å². The van der Waals surface area contributed by atoms with Gasteiger partial charge in [-0.05, 0) is 43.7 Å². The predicted octanol–water partition coefficient (Wildman–Crippen LogP) is 5.11. The second-order valence-corrected chi connectivity index (χ2v) is 8.96. The molecule has 2 fully saturated rings. The van der Waals surface area contributed by atoms with Gasteiger partial charge in [0.05, 0.1) is 32.1 Å². The number of hydrogen-bond donors (Lipinski definition) is 0. The molecule has 3 aliphatic rings. The predicted molar refractivity (Wildman–Crippen MR) is 109 cm³/mol. The minimum atomic E-state index is -0.00247. The third kappa shape index (κ3) is 3.71. The number of carbonyl (C=O) groups excluding carboxylic acids is 1. The first kappa shape index (κ1) is 18.7. The molecule has 2 heterocycles. The average Bonchev–Trinajstić information content (AvgIpc) is 2.85. The van der Waals surface area contributed by atoms with E-state index in [0.717, 1.165) is 25.7 Å². The molecule has 0 spiro atoms. The molecule has 3 heteroatoms. The summed E-state index contributed by atoms with van der Waals surface area (Å²) in [6.45, 7) is 3.50. The van der Waals surface area contributed by atoms with Gasteiger partial charge in [-0.25, -0.2) is 0 Å². The van der Waals surface area contributed by atoms with Crippen LogP contribution in [0.2, 0.25) is 0 Å². The maximum atomic E-state index is 12.8. The lowest BCUT2D eigenvalue weighted by Crippen LogP contribution is -2.58. The number of quaternary nitrogens is 1. The van der Waals surface area contributed by atoms with Gasteiger partial charge >= 0.3 is 5.97 Å². The molecular formula is C24H34NO2+. The average molecular weight is 369 g/mol. The third-order valence-corrected chi connectivity index (χ3v) is 7.61. The number of rotatable bonds is 5. The Morgan fingerprint density at radius 3 is 2.41 bits per heavy atom. The van der Waals surface area contributed by atoms with E-state index in [4.69, 9.17) is 4.74 Å². The lowest BCUT2D eigenvalue weighted by molar-refractivity contribution is -0.947. The van der Waals surface area contributed by atoms with Gasteiger partial charge in [0.25, 0.3) is 0 Å². The molecule has 4 atom stereocenters. The molecule has 2 aliphatic heterocycles. The number of allylic oxidation sites excluding steroid dienone is 1. The Labute approximate surface area is 164 Å². The van der Waals surface area contributed by atoms with Crippen molar-refractivity contribution >= 4 is 11.5 Å². The van der Waals surface area contributed by atoms with E-state index in [0.29, 0.717) is 18.5 Å². The summed E-state index contributed by atoms with van der Waals surface area (Å²) < 4.78 is 7.21. The number of nitrogens with zero attached hydrogens (tertiary/aromatic N) is 1. The minimum absolute atomic E-state index is 0.00247. The highest BCUT2D eigenvalue weighted by molar-refractivity contribution is 5.79. The van der Waals surface area contributed by atoms with Crippen LogP contribution < -0.4 is 0 Å². The lowest BCUT2D eigenvalue weighted by atomic mass is 9.86. The Morgan fingerprint density at radius 1 is 1.07 bits per heavy atom. The van der Waals surface area contributed by atoms with Gasteiger partial charge in [0, 0.05) is 25.7 Å². The van der Waals surface area contributed by atoms with E-state index in [-0.39, 0.29) is 12.1 Å². The first-order valence-electron chi connectivity index (χ1n) is 10.9. The molecule has 2 saturated heterocycles. The van der Waals surface area contributed by atoms with Gasteiger partial charge in [-0.3, -0.25) is 4.79 Å². The Morgan fingerprint density at radius 2 is 1.74 bits per heavy atom. The zero-order chi connectivity index (χ0) is 18.9. The van der Waals surface area contributed by atoms with E-state index in [2.05, 4.69) is 44.3 Å². The number of ether oxygens (including phenoxy) is 1. The minimum Gasteiger partial charge on any atom is -0.462 e. The molecule has 0 amide bonds. The molecule has 0 saturated carbocycles. The summed E-state index contributed by atoms with van der Waals surface area (Å²) in [5.74, 6) is -0.00247. The Balaban J connectivity index is 1.41. The number of fused-ring (bicyclic) bond motifs is 2. The molecule has 0 radical (unpaired) electrons. The van der Waals surface area contributed by atoms with E-state index in [9.17, 15) is 4.79 Å². The Bertz CT molecular complexity index is 694. The van der Waals surface area contributed by atoms with Crippen molar-refractivity contribution in [2.45, 2.75) is 82.9 Å². The van der Waals surface area contributed by atoms with Gasteiger partial charge in [0.15, 0.2) is 0 Å². The summed E-state index contributed by atoms with van der Waals surface area (Å²) >= 11 is 0. The molecule has 3 nitrogen and oxygen atoms in total. The summed E-state index contributed by atoms with van der Waals surface area (Å²) in [4.78, 5) is 12.8. The number of piperidine rings is 1. The standard InChI is InChI=1S/C24H34NO2/c1-3-25(2)20-13-14-21(25)17-22(16-20)27-24(26)15-19-11-7-8-12-23(19)18-9-5-4-6-10-18/h4-6,9-10,20-22H,3,7-8,11-17H2,1-2H3/q+1/t20-,21+,22?,25?. The summed E-state index contributed by atoms with van der Waals surface area (Å²) in [5, 5.41) is 0. The summed E-state index contributed by atoms with van der Waals surface area (Å²) in [5.41, 5.74) is 3.98. The Kier molecular flexibility index (Phi) is 5.41. The number of benzene rings is 1. The van der Waals surface area contributed by atoms with Gasteiger partial charge in [-0.1, -0.05) is 35.9 Å². The first-order chi connectivity index (χ1) is 13.1. The van der Waals surface area contributed by atoms with Gasteiger partial charge in [0.1, 0.15) is 6.10 Å². The van der Waals surface area contributed by atoms with Crippen molar-refractivity contribution in [3.63, 3.8) is 0 Å². The van der Waals surface area contributed by atoms with Crippen LogP contribution in [0.15, 0.2) is 35.9 Å². The zero-order valence-corrected chi connectivity index (χ0v) is 17.0. The van der Waals surface area contributed by atoms with Crippen molar-refractivity contribution < 1.29 is 14.0 Å². The fourth-order valence-corrected chi connectivity index (χ4v) is 5.86. The van der Waals surface area contributed by atoms with Gasteiger partial charge in [-0.2, -0.15) is 0 Å². The molecule has 4 rings (SSSR count). The molecule has 1 aromatic rings. The van der Waals surface area contributed by atoms with Crippen LogP contribution >= 0.6 is 0 Å². The van der Waals surface area contributed by atoms with Crippen LogP contribution in [0.4, 0.5) is 0 Å². The molecule has 1 aliphatic carbocycles. The summed E-state index contributed by atoms with van der Waals surface area (Å²) in [6.07, 6.45) is 9.87. The smallest absolute Gasteiger partial charge is 0.310 e. The van der Waals surface area contributed by atoms with Gasteiger partial charge in [-0.15, -0.1) is 0 Å². The molecular weight excluding hydrogens is 334 g/mol. The maximum Gasteiger partial charge on any atom is 0.310 e. The molecule has 27 heavy (non-hydrogen) atoms. The molecule has 146 valence electrons. The second kappa shape index (κ2) is 7.79. The third-order valence-electron chi connectivity index (χ3n) is 7.61. The van der Waals surface area contributed by atoms with Gasteiger partial charge in [0.2, 0.25) is 0 Å². The largest absolute Gasteiger partial charge is 0.462 e. The van der Waals surface area contributed by atoms with Crippen molar-refractivity contribution in [2.24, 2.45) is 0 Å². The summed E-state index contributed by atoms with van der Waals surface area (Å²) in [7, 11) is 2.40. The van der Waals surface area contributed by atoms with E-state index in [1.54, 1.807) is 0 Å². The van der Waals surface area contributed by atoms with Gasteiger partial charge < -0.3 is 9.22 Å². The highest BCUT2D eigenvalue weighted by Gasteiger charge is 2.51. The van der Waals surface area contributed by atoms with Crippen molar-refractivity contribution in [3.05, 3.63) is 41.5 Å². The Hall–Kier alpha value is -1.61. The highest BCUT2D eigenvalue weighted by Crippen LogP contribution is 2.42. The van der Waals surface area contributed by atoms with Crippen LogP contribution in [0.1, 0.15) is 70.3 Å². The van der Waals surface area contributed by atoms with E-state index in [1.807, 2.05) is 0 Å². The maximum absolute atomic E-state index is 12.8. The second-order valence-electron chi connectivity index (χ2n) is 8.96. The van der Waals surface area contributed by atoms with Crippen LogP contribution in [-0.4, -0.2) is 42.2 Å². The van der Waals surface area contributed by atoms with Crippen LogP contribution in [0.25, 0.3) is 5.57 Å². The molecule has 0 N–H and O–H groups in total. The number of carbonyl (C=O) groups is 1. The molecule has 2 unspecified atom stereocenters. The molecule has 2 bridgehead atoms. The van der Waals surface area contributed by atoms with Crippen molar-refractivity contribution in [3.8, 4) is 0 Å². The molecule has 1 aromatic carbocycles. The van der Waals surface area contributed by atoms with Crippen LogP contribution in [0.5, 0.6) is 0 Å². The molecule has 0 aromatic heterocycles. The lowest BCUT2D eigenvalue weighted by Gasteiger charge is -2.46. The SMILES string of the molecule is CC[N+]1(C)[C@@H]2CC[C@H]1CC(OC(=O)CC1=C(c3ccccc3)CCCC1)C2. The number of hydrogen-bond acceptors (Lipinski definition) is 2. The topological polar surface area (TPSA) is 26.3 Å². The monoisotopic (exact) mass is 368 g/mol. The first-order valence-corrected chi connectivity index (χ1v) is 10.9. The zero-order valence-electron chi connectivity index (χ0n) is 17.0. The quantitative estimate of drug-likeness (QED) is 0.533. The van der Waals surface area contributed by atoms with E-state index < -0.39 is 0 Å². The van der Waals surface area contributed by atoms with E-state index >= 15 is 0 Å². The van der Waals surface area contributed by atoms with Crippen molar-refractivity contribution in [1.29, 1.82) is 0 Å². The fraction of sp³-hybridized carbons (Fsp3) is 0.625. The normalized spacial score (nSPS) is 33.2. The highest BCUT2D eigenvalue weighted by atomic mass is 16.5. The number of esters is 1. The fourth-order valence-electron chi connectivity index (χ4n) is 5.86. The van der Waals surface area contributed by atoms with Crippen LogP contribution in [0, 0.1) is 0 Å². The van der Waals surface area contributed by atoms with E-state index in [1.165, 1.54) is 53.4 Å². The summed E-state index contributed by atoms with van der Waals surface area (Å²) in [6, 6.07) is 11.9.